The van der Waals surface area contributed by atoms with Crippen molar-refractivity contribution >= 4 is 22.9 Å². The Bertz CT molecular complexity index is 1030. The van der Waals surface area contributed by atoms with Crippen LogP contribution in [0.4, 0.5) is 24.5 Å². The van der Waals surface area contributed by atoms with Crippen molar-refractivity contribution in [3.63, 3.8) is 0 Å². The molecule has 6 nitrogen and oxygen atoms in total. The lowest BCUT2D eigenvalue weighted by Gasteiger charge is -2.21. The molecule has 1 saturated carbocycles. The van der Waals surface area contributed by atoms with E-state index in [9.17, 15) is 18.0 Å². The highest BCUT2D eigenvalue weighted by atomic mass is 19.4. The Hall–Kier alpha value is -3.07. The summed E-state index contributed by atoms with van der Waals surface area (Å²) in [5.41, 5.74) is 3.21. The van der Waals surface area contributed by atoms with E-state index in [4.69, 9.17) is 14.2 Å². The van der Waals surface area contributed by atoms with Crippen LogP contribution in [0, 0.1) is 0 Å². The molecule has 1 fully saturated rings. The summed E-state index contributed by atoms with van der Waals surface area (Å²) in [6, 6.07) is 5.40. The van der Waals surface area contributed by atoms with Gasteiger partial charge < -0.3 is 19.5 Å². The van der Waals surface area contributed by atoms with Crippen LogP contribution >= 0.6 is 0 Å². The Morgan fingerprint density at radius 3 is 2.72 bits per heavy atom. The zero-order chi connectivity index (χ0) is 22.7. The Balaban J connectivity index is 1.73. The quantitative estimate of drug-likeness (QED) is 0.585. The summed E-state index contributed by atoms with van der Waals surface area (Å²) in [5.74, 6) is -0.0971. The molecule has 0 atom stereocenters. The van der Waals surface area contributed by atoms with E-state index in [1.54, 1.807) is 18.2 Å². The van der Waals surface area contributed by atoms with Gasteiger partial charge in [0.25, 0.3) is 0 Å². The van der Waals surface area contributed by atoms with E-state index in [2.05, 4.69) is 10.3 Å². The van der Waals surface area contributed by atoms with Crippen LogP contribution in [0.3, 0.4) is 0 Å². The molecule has 4 rings (SSSR count). The minimum absolute atomic E-state index is 0.0209. The van der Waals surface area contributed by atoms with Gasteiger partial charge in [0.05, 0.1) is 37.8 Å². The number of hydrogen-bond acceptors (Lipinski definition) is 6. The van der Waals surface area contributed by atoms with Crippen molar-refractivity contribution in [2.24, 2.45) is 0 Å². The first-order chi connectivity index (χ1) is 15.4. The van der Waals surface area contributed by atoms with Gasteiger partial charge >= 0.3 is 12.1 Å². The van der Waals surface area contributed by atoms with Crippen molar-refractivity contribution in [3.8, 4) is 5.75 Å². The molecule has 1 aliphatic heterocycles. The number of rotatable bonds is 7. The maximum atomic E-state index is 13.0. The maximum absolute atomic E-state index is 13.0. The van der Waals surface area contributed by atoms with Gasteiger partial charge in [-0.05, 0) is 48.4 Å². The third-order valence-electron chi connectivity index (χ3n) is 5.35. The van der Waals surface area contributed by atoms with Crippen molar-refractivity contribution < 1.29 is 32.2 Å². The van der Waals surface area contributed by atoms with Crippen LogP contribution in [0.5, 0.6) is 5.75 Å². The number of carbonyl (C=O) groups is 1. The van der Waals surface area contributed by atoms with Gasteiger partial charge in [-0.3, -0.25) is 4.98 Å². The molecule has 1 aromatic heterocycles. The SMILES string of the molecule is COC(=O)c1cc(C2CC2)ccc1Nc1cncc(C2=CCOCC2)c1OCC(F)(F)F. The summed E-state index contributed by atoms with van der Waals surface area (Å²) < 4.78 is 54.3. The van der Waals surface area contributed by atoms with Gasteiger partial charge in [0.2, 0.25) is 0 Å². The normalized spacial score (nSPS) is 16.3. The number of carbonyl (C=O) groups excluding carboxylic acids is 1. The fourth-order valence-electron chi connectivity index (χ4n) is 3.61. The third kappa shape index (κ3) is 5.21. The zero-order valence-corrected chi connectivity index (χ0v) is 17.5. The highest BCUT2D eigenvalue weighted by Crippen LogP contribution is 2.42. The summed E-state index contributed by atoms with van der Waals surface area (Å²) in [6.45, 7) is -0.634. The molecule has 0 bridgehead atoms. The van der Waals surface area contributed by atoms with E-state index in [-0.39, 0.29) is 11.4 Å². The van der Waals surface area contributed by atoms with Gasteiger partial charge in [-0.1, -0.05) is 12.1 Å². The summed E-state index contributed by atoms with van der Waals surface area (Å²) in [4.78, 5) is 16.6. The molecule has 0 unspecified atom stereocenters. The molecule has 2 aliphatic rings. The number of anilines is 2. The molecule has 1 aliphatic carbocycles. The van der Waals surface area contributed by atoms with Gasteiger partial charge in [0.1, 0.15) is 5.69 Å². The lowest BCUT2D eigenvalue weighted by Crippen LogP contribution is -2.20. The van der Waals surface area contributed by atoms with Gasteiger partial charge in [-0.25, -0.2) is 4.79 Å². The molecule has 170 valence electrons. The second-order valence-electron chi connectivity index (χ2n) is 7.72. The highest BCUT2D eigenvalue weighted by molar-refractivity contribution is 5.97. The molecular weight excluding hydrogens is 425 g/mol. The van der Waals surface area contributed by atoms with Gasteiger partial charge in [0.15, 0.2) is 12.4 Å². The van der Waals surface area contributed by atoms with Crippen molar-refractivity contribution in [2.75, 3.05) is 32.2 Å². The maximum Gasteiger partial charge on any atom is 0.422 e. The number of methoxy groups -OCH3 is 1. The molecule has 0 radical (unpaired) electrons. The van der Waals surface area contributed by atoms with Crippen molar-refractivity contribution in [3.05, 3.63) is 53.4 Å². The topological polar surface area (TPSA) is 69.7 Å². The number of aromatic nitrogens is 1. The van der Waals surface area contributed by atoms with Crippen molar-refractivity contribution in [1.82, 2.24) is 4.98 Å². The standard InChI is InChI=1S/C23H23F3N2O4/c1-30-22(29)17-10-16(14-2-3-14)4-5-19(17)28-20-12-27-11-18(15-6-8-31-9-7-15)21(20)32-13-23(24,25)26/h4-6,10-12,14,28H,2-3,7-9,13H2,1H3. The number of nitrogens with zero attached hydrogens (tertiary/aromatic N) is 1. The van der Waals surface area contributed by atoms with E-state index in [1.807, 2.05) is 6.07 Å². The predicted octanol–water partition coefficient (Wildman–Crippen LogP) is 5.23. The average Bonchev–Trinajstić information content (AvgIpc) is 3.63. The molecular formula is C23H23F3N2O4. The first kappa shape index (κ1) is 22.1. The van der Waals surface area contributed by atoms with Crippen LogP contribution in [-0.2, 0) is 9.47 Å². The number of benzene rings is 1. The molecule has 0 spiro atoms. The van der Waals surface area contributed by atoms with E-state index >= 15 is 0 Å². The Morgan fingerprint density at radius 2 is 2.06 bits per heavy atom. The van der Waals surface area contributed by atoms with Gasteiger partial charge in [0, 0.05) is 11.8 Å². The summed E-state index contributed by atoms with van der Waals surface area (Å²) >= 11 is 0. The number of ether oxygens (including phenoxy) is 3. The summed E-state index contributed by atoms with van der Waals surface area (Å²) in [6.07, 6.45) is 2.80. The number of pyridine rings is 1. The van der Waals surface area contributed by atoms with E-state index in [0.29, 0.717) is 42.4 Å². The molecule has 0 amide bonds. The lowest BCUT2D eigenvalue weighted by molar-refractivity contribution is -0.153. The smallest absolute Gasteiger partial charge is 0.422 e. The number of esters is 1. The zero-order valence-electron chi connectivity index (χ0n) is 17.5. The third-order valence-corrected chi connectivity index (χ3v) is 5.35. The first-order valence-corrected chi connectivity index (χ1v) is 10.3. The van der Waals surface area contributed by atoms with Crippen LogP contribution in [0.2, 0.25) is 0 Å². The van der Waals surface area contributed by atoms with Crippen LogP contribution in [0.25, 0.3) is 5.57 Å². The predicted molar refractivity (Wildman–Crippen MR) is 112 cm³/mol. The van der Waals surface area contributed by atoms with Crippen LogP contribution in [0.1, 0.15) is 46.7 Å². The highest BCUT2D eigenvalue weighted by Gasteiger charge is 2.30. The number of nitrogens with one attached hydrogen (secondary N) is 1. The monoisotopic (exact) mass is 448 g/mol. The number of halogens is 3. The van der Waals surface area contributed by atoms with E-state index < -0.39 is 18.8 Å². The fourth-order valence-corrected chi connectivity index (χ4v) is 3.61. The number of alkyl halides is 3. The molecule has 9 heteroatoms. The largest absolute Gasteiger partial charge is 0.481 e. The second-order valence-corrected chi connectivity index (χ2v) is 7.72. The van der Waals surface area contributed by atoms with Crippen LogP contribution in [0.15, 0.2) is 36.7 Å². The second kappa shape index (κ2) is 9.20. The van der Waals surface area contributed by atoms with E-state index in [0.717, 1.165) is 24.0 Å². The minimum atomic E-state index is -4.51. The van der Waals surface area contributed by atoms with Crippen molar-refractivity contribution in [2.45, 2.75) is 31.4 Å². The molecule has 1 N–H and O–H groups in total. The van der Waals surface area contributed by atoms with Crippen LogP contribution in [-0.4, -0.2) is 44.1 Å². The van der Waals surface area contributed by atoms with Crippen LogP contribution < -0.4 is 10.1 Å². The molecule has 2 heterocycles. The average molecular weight is 448 g/mol. The minimum Gasteiger partial charge on any atom is -0.481 e. The lowest BCUT2D eigenvalue weighted by atomic mass is 10.0. The Morgan fingerprint density at radius 1 is 1.25 bits per heavy atom. The summed E-state index contributed by atoms with van der Waals surface area (Å²) in [5, 5.41) is 3.04. The fraction of sp³-hybridized carbons (Fsp3) is 0.391. The summed E-state index contributed by atoms with van der Waals surface area (Å²) in [7, 11) is 1.29. The first-order valence-electron chi connectivity index (χ1n) is 10.3. The molecule has 32 heavy (non-hydrogen) atoms. The van der Waals surface area contributed by atoms with Gasteiger partial charge in [-0.2, -0.15) is 13.2 Å². The Kier molecular flexibility index (Phi) is 6.36. The number of hydrogen-bond donors (Lipinski definition) is 1. The van der Waals surface area contributed by atoms with Gasteiger partial charge in [-0.15, -0.1) is 0 Å². The molecule has 0 saturated heterocycles. The van der Waals surface area contributed by atoms with Crippen molar-refractivity contribution in [1.29, 1.82) is 0 Å². The Labute approximate surface area is 183 Å². The molecule has 1 aromatic carbocycles. The van der Waals surface area contributed by atoms with E-state index in [1.165, 1.54) is 19.5 Å². The molecule has 2 aromatic rings.